The molecule has 0 aliphatic carbocycles. The molecule has 0 unspecified atom stereocenters. The lowest BCUT2D eigenvalue weighted by Gasteiger charge is -2.07. The van der Waals surface area contributed by atoms with Crippen LogP contribution in [0.5, 0.6) is 5.75 Å². The highest BCUT2D eigenvalue weighted by molar-refractivity contribution is 5.78. The van der Waals surface area contributed by atoms with E-state index in [1.54, 1.807) is 13.3 Å². The third kappa shape index (κ3) is 1.80. The van der Waals surface area contributed by atoms with Gasteiger partial charge in [-0.25, -0.2) is 4.98 Å². The van der Waals surface area contributed by atoms with Crippen LogP contribution in [-0.4, -0.2) is 17.1 Å². The lowest BCUT2D eigenvalue weighted by atomic mass is 10.1. The number of para-hydroxylation sites is 3. The lowest BCUT2D eigenvalue weighted by molar-refractivity contribution is 0.416. The zero-order valence-electron chi connectivity index (χ0n) is 10.00. The van der Waals surface area contributed by atoms with Gasteiger partial charge in [0.1, 0.15) is 5.75 Å². The third-order valence-electron chi connectivity index (χ3n) is 2.83. The molecule has 3 nitrogen and oxygen atoms in total. The molecule has 18 heavy (non-hydrogen) atoms. The first-order chi connectivity index (χ1) is 8.88. The summed E-state index contributed by atoms with van der Waals surface area (Å²) in [6.45, 7) is 0. The van der Waals surface area contributed by atoms with Gasteiger partial charge in [0.15, 0.2) is 0 Å². The van der Waals surface area contributed by atoms with Gasteiger partial charge in [0.2, 0.25) is 0 Å². The van der Waals surface area contributed by atoms with Gasteiger partial charge in [0.05, 0.1) is 30.0 Å². The van der Waals surface area contributed by atoms with E-state index in [-0.39, 0.29) is 0 Å². The molecule has 0 radical (unpaired) electrons. The monoisotopic (exact) mass is 236 g/mol. The summed E-state index contributed by atoms with van der Waals surface area (Å²) in [5, 5.41) is 0. The average Bonchev–Trinajstić information content (AvgIpc) is 2.46. The Hall–Kier alpha value is -2.42. The summed E-state index contributed by atoms with van der Waals surface area (Å²) in [5.74, 6) is 0.807. The third-order valence-corrected chi connectivity index (χ3v) is 2.83. The Morgan fingerprint density at radius 3 is 2.44 bits per heavy atom. The first-order valence-corrected chi connectivity index (χ1v) is 5.73. The standard InChI is InChI=1S/C15H12N2O/c1-18-15-9-5-2-6-11(15)14-10-16-12-7-3-4-8-13(12)17-14/h2-10H,1H3. The highest BCUT2D eigenvalue weighted by atomic mass is 16.5. The summed E-state index contributed by atoms with van der Waals surface area (Å²) in [7, 11) is 1.66. The Balaban J connectivity index is 2.19. The van der Waals surface area contributed by atoms with E-state index in [1.165, 1.54) is 0 Å². The quantitative estimate of drug-likeness (QED) is 0.684. The molecule has 0 spiro atoms. The maximum Gasteiger partial charge on any atom is 0.128 e. The molecule has 3 rings (SSSR count). The van der Waals surface area contributed by atoms with Crippen molar-refractivity contribution in [1.82, 2.24) is 9.97 Å². The molecule has 1 heterocycles. The van der Waals surface area contributed by atoms with Gasteiger partial charge in [0.25, 0.3) is 0 Å². The Labute approximate surface area is 105 Å². The molecular weight excluding hydrogens is 224 g/mol. The van der Waals surface area contributed by atoms with Gasteiger partial charge in [-0.3, -0.25) is 4.98 Å². The Bertz CT molecular complexity index is 695. The zero-order valence-corrected chi connectivity index (χ0v) is 10.00. The zero-order chi connectivity index (χ0) is 12.4. The SMILES string of the molecule is COc1ccccc1-c1cnc2ccccc2n1. The van der Waals surface area contributed by atoms with Crippen molar-refractivity contribution in [3.8, 4) is 17.0 Å². The fraction of sp³-hybridized carbons (Fsp3) is 0.0667. The number of aromatic nitrogens is 2. The maximum absolute atomic E-state index is 5.34. The number of fused-ring (bicyclic) bond motifs is 1. The van der Waals surface area contributed by atoms with E-state index >= 15 is 0 Å². The van der Waals surface area contributed by atoms with Crippen molar-refractivity contribution >= 4 is 11.0 Å². The number of ether oxygens (including phenoxy) is 1. The molecule has 88 valence electrons. The molecule has 0 aliphatic heterocycles. The van der Waals surface area contributed by atoms with Crippen LogP contribution in [0.1, 0.15) is 0 Å². The van der Waals surface area contributed by atoms with Crippen LogP contribution in [0, 0.1) is 0 Å². The van der Waals surface area contributed by atoms with Crippen LogP contribution in [0.15, 0.2) is 54.7 Å². The summed E-state index contributed by atoms with van der Waals surface area (Å²) in [4.78, 5) is 9.03. The van der Waals surface area contributed by atoms with Crippen molar-refractivity contribution in [3.63, 3.8) is 0 Å². The van der Waals surface area contributed by atoms with E-state index in [1.807, 2.05) is 48.5 Å². The van der Waals surface area contributed by atoms with Crippen molar-refractivity contribution < 1.29 is 4.74 Å². The maximum atomic E-state index is 5.34. The molecular formula is C15H12N2O. The van der Waals surface area contributed by atoms with Crippen molar-refractivity contribution in [3.05, 3.63) is 54.7 Å². The number of hydrogen-bond acceptors (Lipinski definition) is 3. The normalized spacial score (nSPS) is 10.5. The van der Waals surface area contributed by atoms with Crippen LogP contribution < -0.4 is 4.74 Å². The predicted octanol–water partition coefficient (Wildman–Crippen LogP) is 3.31. The minimum atomic E-state index is 0.807. The van der Waals surface area contributed by atoms with Gasteiger partial charge in [-0.05, 0) is 24.3 Å². The number of benzene rings is 2. The molecule has 1 aromatic heterocycles. The molecule has 0 saturated heterocycles. The molecule has 0 N–H and O–H groups in total. The average molecular weight is 236 g/mol. The van der Waals surface area contributed by atoms with Gasteiger partial charge in [-0.2, -0.15) is 0 Å². The summed E-state index contributed by atoms with van der Waals surface area (Å²) in [6, 6.07) is 15.6. The van der Waals surface area contributed by atoms with E-state index < -0.39 is 0 Å². The van der Waals surface area contributed by atoms with Crippen molar-refractivity contribution in [2.45, 2.75) is 0 Å². The van der Waals surface area contributed by atoms with E-state index in [0.717, 1.165) is 28.0 Å². The molecule has 2 aromatic carbocycles. The van der Waals surface area contributed by atoms with Crippen LogP contribution in [0.2, 0.25) is 0 Å². The highest BCUT2D eigenvalue weighted by Crippen LogP contribution is 2.28. The molecule has 0 amide bonds. The molecule has 0 bridgehead atoms. The first-order valence-electron chi connectivity index (χ1n) is 5.73. The summed E-state index contributed by atoms with van der Waals surface area (Å²) in [5.41, 5.74) is 3.57. The number of hydrogen-bond donors (Lipinski definition) is 0. The largest absolute Gasteiger partial charge is 0.496 e. The fourth-order valence-electron chi connectivity index (χ4n) is 1.94. The fourth-order valence-corrected chi connectivity index (χ4v) is 1.94. The Kier molecular flexibility index (Phi) is 2.65. The number of nitrogens with zero attached hydrogens (tertiary/aromatic N) is 2. The second-order valence-corrected chi connectivity index (χ2v) is 3.94. The van der Waals surface area contributed by atoms with Crippen LogP contribution in [0.25, 0.3) is 22.3 Å². The number of methoxy groups -OCH3 is 1. The Morgan fingerprint density at radius 2 is 1.61 bits per heavy atom. The van der Waals surface area contributed by atoms with Crippen LogP contribution in [-0.2, 0) is 0 Å². The Morgan fingerprint density at radius 1 is 0.889 bits per heavy atom. The van der Waals surface area contributed by atoms with Crippen molar-refractivity contribution in [2.75, 3.05) is 7.11 Å². The summed E-state index contributed by atoms with van der Waals surface area (Å²) < 4.78 is 5.34. The van der Waals surface area contributed by atoms with E-state index in [0.29, 0.717) is 0 Å². The summed E-state index contributed by atoms with van der Waals surface area (Å²) in [6.07, 6.45) is 1.78. The minimum Gasteiger partial charge on any atom is -0.496 e. The van der Waals surface area contributed by atoms with E-state index in [9.17, 15) is 0 Å². The van der Waals surface area contributed by atoms with Gasteiger partial charge >= 0.3 is 0 Å². The van der Waals surface area contributed by atoms with Crippen LogP contribution in [0.3, 0.4) is 0 Å². The van der Waals surface area contributed by atoms with Crippen LogP contribution >= 0.6 is 0 Å². The van der Waals surface area contributed by atoms with Gasteiger partial charge in [0, 0.05) is 5.56 Å². The second-order valence-electron chi connectivity index (χ2n) is 3.94. The van der Waals surface area contributed by atoms with Crippen LogP contribution in [0.4, 0.5) is 0 Å². The summed E-state index contributed by atoms with van der Waals surface area (Å²) >= 11 is 0. The van der Waals surface area contributed by atoms with Crippen molar-refractivity contribution in [1.29, 1.82) is 0 Å². The van der Waals surface area contributed by atoms with E-state index in [4.69, 9.17) is 4.74 Å². The molecule has 0 fully saturated rings. The predicted molar refractivity (Wildman–Crippen MR) is 71.5 cm³/mol. The van der Waals surface area contributed by atoms with Gasteiger partial charge in [-0.15, -0.1) is 0 Å². The lowest BCUT2D eigenvalue weighted by Crippen LogP contribution is -1.91. The van der Waals surface area contributed by atoms with Crippen molar-refractivity contribution in [2.24, 2.45) is 0 Å². The minimum absolute atomic E-state index is 0.807. The molecule has 0 aliphatic rings. The smallest absolute Gasteiger partial charge is 0.128 e. The first kappa shape index (κ1) is 10.7. The molecule has 0 atom stereocenters. The molecule has 3 aromatic rings. The molecule has 3 heteroatoms. The van der Waals surface area contributed by atoms with Gasteiger partial charge in [-0.1, -0.05) is 24.3 Å². The second kappa shape index (κ2) is 4.45. The van der Waals surface area contributed by atoms with E-state index in [2.05, 4.69) is 9.97 Å². The number of rotatable bonds is 2. The topological polar surface area (TPSA) is 35.0 Å². The molecule has 0 saturated carbocycles. The highest BCUT2D eigenvalue weighted by Gasteiger charge is 2.07. The van der Waals surface area contributed by atoms with Gasteiger partial charge < -0.3 is 4.74 Å².